The standard InChI is InChI=1S/C14H22N2O4S/c1-10-14(2,6-7-20-10)16-21(17,18)13-8-11(9-15)4-5-12(13)19-3/h4-5,8,10,16H,6-7,9,15H2,1-3H3. The van der Waals surface area contributed by atoms with E-state index in [-0.39, 0.29) is 17.5 Å². The van der Waals surface area contributed by atoms with Crippen molar-refractivity contribution in [2.45, 2.75) is 43.4 Å². The van der Waals surface area contributed by atoms with Gasteiger partial charge in [-0.1, -0.05) is 6.07 Å². The molecule has 21 heavy (non-hydrogen) atoms. The Bertz CT molecular complexity index is 617. The van der Waals surface area contributed by atoms with E-state index in [1.165, 1.54) is 7.11 Å². The zero-order valence-corrected chi connectivity index (χ0v) is 13.4. The van der Waals surface area contributed by atoms with Gasteiger partial charge in [-0.2, -0.15) is 0 Å². The van der Waals surface area contributed by atoms with E-state index < -0.39 is 15.6 Å². The van der Waals surface area contributed by atoms with Gasteiger partial charge in [-0.3, -0.25) is 0 Å². The Kier molecular flexibility index (Phi) is 4.57. The largest absolute Gasteiger partial charge is 0.495 e. The van der Waals surface area contributed by atoms with Crippen LogP contribution >= 0.6 is 0 Å². The minimum Gasteiger partial charge on any atom is -0.495 e. The third-order valence-electron chi connectivity index (χ3n) is 4.01. The third kappa shape index (κ3) is 3.21. The van der Waals surface area contributed by atoms with Gasteiger partial charge in [-0.25, -0.2) is 13.1 Å². The second-order valence-corrected chi connectivity index (χ2v) is 7.13. The minimum atomic E-state index is -3.72. The minimum absolute atomic E-state index is 0.105. The maximum Gasteiger partial charge on any atom is 0.244 e. The second-order valence-electron chi connectivity index (χ2n) is 5.48. The number of rotatable bonds is 5. The van der Waals surface area contributed by atoms with Gasteiger partial charge in [-0.15, -0.1) is 0 Å². The van der Waals surface area contributed by atoms with E-state index in [2.05, 4.69) is 4.72 Å². The molecule has 6 nitrogen and oxygen atoms in total. The van der Waals surface area contributed by atoms with Crippen molar-refractivity contribution in [1.82, 2.24) is 4.72 Å². The van der Waals surface area contributed by atoms with Gasteiger partial charge in [0, 0.05) is 13.2 Å². The molecule has 2 rings (SSSR count). The Morgan fingerprint density at radius 3 is 2.76 bits per heavy atom. The van der Waals surface area contributed by atoms with Crippen LogP contribution in [0.1, 0.15) is 25.8 Å². The molecule has 7 heteroatoms. The highest BCUT2D eigenvalue weighted by Crippen LogP contribution is 2.30. The molecule has 0 aromatic heterocycles. The zero-order valence-electron chi connectivity index (χ0n) is 12.5. The molecule has 118 valence electrons. The second kappa shape index (κ2) is 5.92. The predicted molar refractivity (Wildman–Crippen MR) is 79.6 cm³/mol. The van der Waals surface area contributed by atoms with Crippen LogP contribution < -0.4 is 15.2 Å². The monoisotopic (exact) mass is 314 g/mol. The molecule has 0 spiro atoms. The van der Waals surface area contributed by atoms with Gasteiger partial charge >= 0.3 is 0 Å². The molecule has 1 fully saturated rings. The van der Waals surface area contributed by atoms with Crippen LogP contribution in [0.3, 0.4) is 0 Å². The fraction of sp³-hybridized carbons (Fsp3) is 0.571. The Labute approximate surface area is 125 Å². The van der Waals surface area contributed by atoms with Crippen molar-refractivity contribution >= 4 is 10.0 Å². The molecule has 3 N–H and O–H groups in total. The van der Waals surface area contributed by atoms with Crippen LogP contribution in [0.2, 0.25) is 0 Å². The van der Waals surface area contributed by atoms with Crippen molar-refractivity contribution in [1.29, 1.82) is 0 Å². The highest BCUT2D eigenvalue weighted by atomic mass is 32.2. The highest BCUT2D eigenvalue weighted by molar-refractivity contribution is 7.89. The summed E-state index contributed by atoms with van der Waals surface area (Å²) in [6.07, 6.45) is 0.447. The van der Waals surface area contributed by atoms with Crippen LogP contribution in [-0.4, -0.2) is 33.8 Å². The topological polar surface area (TPSA) is 90.7 Å². The quantitative estimate of drug-likeness (QED) is 0.846. The summed E-state index contributed by atoms with van der Waals surface area (Å²) < 4.78 is 38.8. The number of benzene rings is 1. The molecular weight excluding hydrogens is 292 g/mol. The fourth-order valence-electron chi connectivity index (χ4n) is 2.39. The molecule has 0 aliphatic carbocycles. The lowest BCUT2D eigenvalue weighted by molar-refractivity contribution is 0.0957. The molecule has 1 aromatic rings. The number of sulfonamides is 1. The molecule has 1 aliphatic heterocycles. The summed E-state index contributed by atoms with van der Waals surface area (Å²) in [5, 5.41) is 0. The summed E-state index contributed by atoms with van der Waals surface area (Å²) in [5.41, 5.74) is 5.70. The SMILES string of the molecule is COc1ccc(CN)cc1S(=O)(=O)NC1(C)CCOC1C. The number of hydrogen-bond donors (Lipinski definition) is 2. The first-order valence-corrected chi connectivity index (χ1v) is 8.33. The van der Waals surface area contributed by atoms with E-state index in [0.29, 0.717) is 18.8 Å². The summed E-state index contributed by atoms with van der Waals surface area (Å²) in [5.74, 6) is 0.301. The Balaban J connectivity index is 2.39. The summed E-state index contributed by atoms with van der Waals surface area (Å²) in [7, 11) is -2.28. The van der Waals surface area contributed by atoms with Gasteiger partial charge in [0.25, 0.3) is 0 Å². The van der Waals surface area contributed by atoms with Crippen molar-refractivity contribution in [2.24, 2.45) is 5.73 Å². The number of nitrogens with one attached hydrogen (secondary N) is 1. The lowest BCUT2D eigenvalue weighted by atomic mass is 9.97. The summed E-state index contributed by atoms with van der Waals surface area (Å²) in [6, 6.07) is 4.92. The van der Waals surface area contributed by atoms with Gasteiger partial charge in [0.05, 0.1) is 18.8 Å². The average molecular weight is 314 g/mol. The molecule has 1 heterocycles. The lowest BCUT2D eigenvalue weighted by Crippen LogP contribution is -2.50. The smallest absolute Gasteiger partial charge is 0.244 e. The molecule has 0 saturated carbocycles. The zero-order chi connectivity index (χ0) is 15.7. The van der Waals surface area contributed by atoms with Gasteiger partial charge in [0.2, 0.25) is 10.0 Å². The van der Waals surface area contributed by atoms with Crippen molar-refractivity contribution in [3.05, 3.63) is 23.8 Å². The molecular formula is C14H22N2O4S. The van der Waals surface area contributed by atoms with Crippen molar-refractivity contribution in [3.8, 4) is 5.75 Å². The first-order valence-electron chi connectivity index (χ1n) is 6.85. The summed E-state index contributed by atoms with van der Waals surface area (Å²) >= 11 is 0. The molecule has 2 unspecified atom stereocenters. The van der Waals surface area contributed by atoms with Gasteiger partial charge in [0.1, 0.15) is 10.6 Å². The fourth-order valence-corrected chi connectivity index (χ4v) is 4.10. The van der Waals surface area contributed by atoms with E-state index >= 15 is 0 Å². The van der Waals surface area contributed by atoms with Gasteiger partial charge < -0.3 is 15.2 Å². The van der Waals surface area contributed by atoms with E-state index in [9.17, 15) is 8.42 Å². The van der Waals surface area contributed by atoms with Crippen LogP contribution in [0.15, 0.2) is 23.1 Å². The van der Waals surface area contributed by atoms with E-state index in [0.717, 1.165) is 5.56 Å². The maximum atomic E-state index is 12.7. The Hall–Kier alpha value is -1.15. The molecule has 1 saturated heterocycles. The van der Waals surface area contributed by atoms with Crippen LogP contribution in [0.5, 0.6) is 5.75 Å². The molecule has 2 atom stereocenters. The normalized spacial score (nSPS) is 26.0. The van der Waals surface area contributed by atoms with Gasteiger partial charge in [0.15, 0.2) is 0 Å². The third-order valence-corrected chi connectivity index (χ3v) is 5.64. The van der Waals surface area contributed by atoms with E-state index in [4.69, 9.17) is 15.2 Å². The summed E-state index contributed by atoms with van der Waals surface area (Å²) in [4.78, 5) is 0.105. The average Bonchev–Trinajstić information content (AvgIpc) is 2.76. The molecule has 0 bridgehead atoms. The number of ether oxygens (including phenoxy) is 2. The predicted octanol–water partition coefficient (Wildman–Crippen LogP) is 1.000. The first kappa shape index (κ1) is 16.2. The number of nitrogens with two attached hydrogens (primary N) is 1. The number of hydrogen-bond acceptors (Lipinski definition) is 5. The van der Waals surface area contributed by atoms with Crippen molar-refractivity contribution in [2.75, 3.05) is 13.7 Å². The first-order chi connectivity index (χ1) is 9.82. The molecule has 0 amide bonds. The highest BCUT2D eigenvalue weighted by Gasteiger charge is 2.41. The Morgan fingerprint density at radius 2 is 2.24 bits per heavy atom. The molecule has 1 aromatic carbocycles. The van der Waals surface area contributed by atoms with Crippen LogP contribution in [-0.2, 0) is 21.3 Å². The van der Waals surface area contributed by atoms with Crippen molar-refractivity contribution < 1.29 is 17.9 Å². The van der Waals surface area contributed by atoms with Crippen LogP contribution in [0, 0.1) is 0 Å². The van der Waals surface area contributed by atoms with Crippen LogP contribution in [0.4, 0.5) is 0 Å². The molecule has 0 radical (unpaired) electrons. The van der Waals surface area contributed by atoms with E-state index in [1.807, 2.05) is 13.8 Å². The molecule has 1 aliphatic rings. The summed E-state index contributed by atoms with van der Waals surface area (Å²) in [6.45, 7) is 4.52. The van der Waals surface area contributed by atoms with Crippen LogP contribution in [0.25, 0.3) is 0 Å². The van der Waals surface area contributed by atoms with Gasteiger partial charge in [-0.05, 0) is 38.0 Å². The number of methoxy groups -OCH3 is 1. The maximum absolute atomic E-state index is 12.7. The van der Waals surface area contributed by atoms with Crippen molar-refractivity contribution in [3.63, 3.8) is 0 Å². The van der Waals surface area contributed by atoms with E-state index in [1.54, 1.807) is 18.2 Å². The Morgan fingerprint density at radius 1 is 1.52 bits per heavy atom. The lowest BCUT2D eigenvalue weighted by Gasteiger charge is -2.28.